The summed E-state index contributed by atoms with van der Waals surface area (Å²) in [7, 11) is 1.93. The van der Waals surface area contributed by atoms with Gasteiger partial charge in [0.15, 0.2) is 0 Å². The zero-order valence-corrected chi connectivity index (χ0v) is 9.96. The van der Waals surface area contributed by atoms with Gasteiger partial charge in [-0.25, -0.2) is 0 Å². The van der Waals surface area contributed by atoms with Crippen molar-refractivity contribution in [2.45, 2.75) is 39.7 Å². The number of aryl methyl sites for hydroxylation is 2. The second-order valence-electron chi connectivity index (χ2n) is 3.83. The highest BCUT2D eigenvalue weighted by Crippen LogP contribution is 2.09. The molecule has 0 saturated heterocycles. The molecular weight excluding hydrogens is 186 g/mol. The summed E-state index contributed by atoms with van der Waals surface area (Å²) in [6.45, 7) is 6.11. The van der Waals surface area contributed by atoms with Crippen LogP contribution < -0.4 is 5.73 Å². The highest BCUT2D eigenvalue weighted by atomic mass is 15.3. The number of aromatic nitrogens is 2. The van der Waals surface area contributed by atoms with E-state index in [1.54, 1.807) is 0 Å². The Morgan fingerprint density at radius 1 is 1.47 bits per heavy atom. The molecule has 1 atom stereocenters. The molecule has 1 unspecified atom stereocenters. The van der Waals surface area contributed by atoms with Gasteiger partial charge in [0.1, 0.15) is 0 Å². The summed E-state index contributed by atoms with van der Waals surface area (Å²) >= 11 is 0. The summed E-state index contributed by atoms with van der Waals surface area (Å²) in [5.41, 5.74) is 8.93. The van der Waals surface area contributed by atoms with Crippen molar-refractivity contribution in [2.75, 3.05) is 0 Å². The first-order valence-corrected chi connectivity index (χ1v) is 5.33. The van der Waals surface area contributed by atoms with Crippen LogP contribution in [-0.4, -0.2) is 15.8 Å². The molecule has 1 aromatic heterocycles. The average Bonchev–Trinajstić information content (AvgIpc) is 2.40. The van der Waals surface area contributed by atoms with Crippen LogP contribution in [0.3, 0.4) is 0 Å². The fourth-order valence-corrected chi connectivity index (χ4v) is 1.50. The smallest absolute Gasteiger partial charge is 0.0752 e. The van der Waals surface area contributed by atoms with Crippen LogP contribution in [0.5, 0.6) is 0 Å². The van der Waals surface area contributed by atoms with Crippen molar-refractivity contribution < 1.29 is 0 Å². The Bertz CT molecular complexity index is 393. The van der Waals surface area contributed by atoms with Gasteiger partial charge in [0.25, 0.3) is 0 Å². The molecule has 0 spiro atoms. The lowest BCUT2D eigenvalue weighted by Gasteiger charge is -1.99. The van der Waals surface area contributed by atoms with Gasteiger partial charge in [-0.2, -0.15) is 5.10 Å². The average molecular weight is 205 g/mol. The maximum Gasteiger partial charge on any atom is 0.0752 e. The quantitative estimate of drug-likeness (QED) is 0.744. The molecule has 1 heterocycles. The van der Waals surface area contributed by atoms with Crippen molar-refractivity contribution in [3.8, 4) is 11.8 Å². The van der Waals surface area contributed by atoms with Crippen LogP contribution in [0.4, 0.5) is 0 Å². The third-order valence-corrected chi connectivity index (χ3v) is 2.49. The second-order valence-corrected chi connectivity index (χ2v) is 3.83. The Balaban J connectivity index is 2.88. The Morgan fingerprint density at radius 2 is 2.13 bits per heavy atom. The molecule has 0 aliphatic rings. The highest BCUT2D eigenvalue weighted by Gasteiger charge is 2.06. The zero-order valence-electron chi connectivity index (χ0n) is 9.96. The third-order valence-electron chi connectivity index (χ3n) is 2.49. The van der Waals surface area contributed by atoms with Crippen molar-refractivity contribution in [1.82, 2.24) is 9.78 Å². The SMILES string of the molecule is CCCC(N)C#Cc1c(C)nn(C)c1C. The molecule has 3 heteroatoms. The molecule has 0 aliphatic carbocycles. The third kappa shape index (κ3) is 2.84. The minimum Gasteiger partial charge on any atom is -0.318 e. The maximum absolute atomic E-state index is 5.84. The molecule has 3 nitrogen and oxygen atoms in total. The van der Waals surface area contributed by atoms with E-state index in [2.05, 4.69) is 23.9 Å². The summed E-state index contributed by atoms with van der Waals surface area (Å²) in [4.78, 5) is 0. The molecule has 1 aromatic rings. The lowest BCUT2D eigenvalue weighted by Crippen LogP contribution is -2.16. The van der Waals surface area contributed by atoms with E-state index in [-0.39, 0.29) is 6.04 Å². The van der Waals surface area contributed by atoms with E-state index in [0.717, 1.165) is 29.8 Å². The Kier molecular flexibility index (Phi) is 3.93. The van der Waals surface area contributed by atoms with E-state index in [0.29, 0.717) is 0 Å². The van der Waals surface area contributed by atoms with Crippen molar-refractivity contribution in [3.63, 3.8) is 0 Å². The molecule has 0 aromatic carbocycles. The second kappa shape index (κ2) is 4.99. The molecule has 15 heavy (non-hydrogen) atoms. The predicted octanol–water partition coefficient (Wildman–Crippen LogP) is 1.52. The van der Waals surface area contributed by atoms with Crippen molar-refractivity contribution in [2.24, 2.45) is 12.8 Å². The Morgan fingerprint density at radius 3 is 2.60 bits per heavy atom. The molecule has 0 saturated carbocycles. The molecule has 0 aliphatic heterocycles. The molecule has 82 valence electrons. The molecule has 0 radical (unpaired) electrons. The van der Waals surface area contributed by atoms with Crippen LogP contribution >= 0.6 is 0 Å². The number of hydrogen-bond donors (Lipinski definition) is 1. The lowest BCUT2D eigenvalue weighted by molar-refractivity contribution is 0.720. The van der Waals surface area contributed by atoms with Gasteiger partial charge >= 0.3 is 0 Å². The summed E-state index contributed by atoms with van der Waals surface area (Å²) in [6.07, 6.45) is 2.02. The van der Waals surface area contributed by atoms with Gasteiger partial charge in [-0.15, -0.1) is 0 Å². The van der Waals surface area contributed by atoms with Crippen LogP contribution in [0.25, 0.3) is 0 Å². The minimum absolute atomic E-state index is 0.0194. The van der Waals surface area contributed by atoms with Gasteiger partial charge < -0.3 is 5.73 Å². The fourth-order valence-electron chi connectivity index (χ4n) is 1.50. The highest BCUT2D eigenvalue weighted by molar-refractivity contribution is 5.41. The van der Waals surface area contributed by atoms with Crippen molar-refractivity contribution in [1.29, 1.82) is 0 Å². The van der Waals surface area contributed by atoms with E-state index in [1.165, 1.54) is 0 Å². The predicted molar refractivity (Wildman–Crippen MR) is 62.4 cm³/mol. The minimum atomic E-state index is -0.0194. The topological polar surface area (TPSA) is 43.8 Å². The van der Waals surface area contributed by atoms with Crippen LogP contribution in [0.15, 0.2) is 0 Å². The fraction of sp³-hybridized carbons (Fsp3) is 0.583. The summed E-state index contributed by atoms with van der Waals surface area (Å²) < 4.78 is 1.85. The van der Waals surface area contributed by atoms with Crippen LogP contribution in [0.1, 0.15) is 36.7 Å². The van der Waals surface area contributed by atoms with Gasteiger partial charge in [-0.1, -0.05) is 25.2 Å². The molecule has 2 N–H and O–H groups in total. The zero-order chi connectivity index (χ0) is 11.4. The van der Waals surface area contributed by atoms with Crippen LogP contribution in [-0.2, 0) is 7.05 Å². The van der Waals surface area contributed by atoms with Gasteiger partial charge in [-0.05, 0) is 20.3 Å². The lowest BCUT2D eigenvalue weighted by atomic mass is 10.1. The van der Waals surface area contributed by atoms with Gasteiger partial charge in [0.05, 0.1) is 23.0 Å². The Labute approximate surface area is 91.7 Å². The normalized spacial score (nSPS) is 12.1. The Hall–Kier alpha value is -1.27. The largest absolute Gasteiger partial charge is 0.318 e. The molecule has 0 amide bonds. The van der Waals surface area contributed by atoms with Gasteiger partial charge in [0.2, 0.25) is 0 Å². The first-order valence-electron chi connectivity index (χ1n) is 5.33. The first-order chi connectivity index (χ1) is 7.06. The van der Waals surface area contributed by atoms with E-state index in [4.69, 9.17) is 5.73 Å². The van der Waals surface area contributed by atoms with E-state index in [1.807, 2.05) is 25.6 Å². The van der Waals surface area contributed by atoms with Gasteiger partial charge in [0, 0.05) is 7.05 Å². The summed E-state index contributed by atoms with van der Waals surface area (Å²) in [5, 5.41) is 4.31. The summed E-state index contributed by atoms with van der Waals surface area (Å²) in [5.74, 6) is 6.20. The van der Waals surface area contributed by atoms with E-state index in [9.17, 15) is 0 Å². The van der Waals surface area contributed by atoms with Crippen LogP contribution in [0.2, 0.25) is 0 Å². The number of nitrogens with zero attached hydrogens (tertiary/aromatic N) is 2. The molecular formula is C12H19N3. The van der Waals surface area contributed by atoms with Crippen molar-refractivity contribution >= 4 is 0 Å². The summed E-state index contributed by atoms with van der Waals surface area (Å²) in [6, 6.07) is -0.0194. The number of nitrogens with two attached hydrogens (primary N) is 1. The van der Waals surface area contributed by atoms with E-state index < -0.39 is 0 Å². The molecule has 0 bridgehead atoms. The maximum atomic E-state index is 5.84. The number of rotatable bonds is 2. The standard InChI is InChI=1S/C12H19N3/c1-5-6-11(13)7-8-12-9(2)14-15(4)10(12)3/h11H,5-6,13H2,1-4H3. The van der Waals surface area contributed by atoms with E-state index >= 15 is 0 Å². The monoisotopic (exact) mass is 205 g/mol. The molecule has 0 fully saturated rings. The van der Waals surface area contributed by atoms with Gasteiger partial charge in [-0.3, -0.25) is 4.68 Å². The number of hydrogen-bond acceptors (Lipinski definition) is 2. The molecule has 1 rings (SSSR count). The first kappa shape index (κ1) is 11.8. The van der Waals surface area contributed by atoms with Crippen LogP contribution in [0, 0.1) is 25.7 Å². The van der Waals surface area contributed by atoms with Crippen molar-refractivity contribution in [3.05, 3.63) is 17.0 Å².